The Bertz CT molecular complexity index is 510. The van der Waals surface area contributed by atoms with Crippen LogP contribution in [0.4, 0.5) is 5.69 Å². The van der Waals surface area contributed by atoms with Crippen LogP contribution in [0.25, 0.3) is 0 Å². The van der Waals surface area contributed by atoms with E-state index in [1.54, 1.807) is 12.1 Å². The minimum Gasteiger partial charge on any atom is -0.378 e. The van der Waals surface area contributed by atoms with E-state index in [4.69, 9.17) is 10.5 Å². The summed E-state index contributed by atoms with van der Waals surface area (Å²) in [6, 6.07) is 6.71. The van der Waals surface area contributed by atoms with Crippen LogP contribution < -0.4 is 5.73 Å². The van der Waals surface area contributed by atoms with Crippen molar-refractivity contribution in [2.24, 2.45) is 10.7 Å². The Hall–Kier alpha value is -2.15. The number of aryl methyl sites for hydroxylation is 1. The summed E-state index contributed by atoms with van der Waals surface area (Å²) in [5.74, 6) is 0.596. The van der Waals surface area contributed by atoms with Gasteiger partial charge in [-0.3, -0.25) is 15.1 Å². The summed E-state index contributed by atoms with van der Waals surface area (Å²) in [6.07, 6.45) is 2.82. The standard InChI is InChI=1S/C15H22N4O3/c16-15(18-9-11-22-12-10-18)17-8-2-1-3-13-4-6-14(7-5-13)19(20)21/h4-7H,1-3,8-12H2,(H2,16,17). The lowest BCUT2D eigenvalue weighted by Crippen LogP contribution is -2.44. The van der Waals surface area contributed by atoms with E-state index in [1.807, 2.05) is 17.0 Å². The number of hydrogen-bond acceptors (Lipinski definition) is 4. The van der Waals surface area contributed by atoms with E-state index in [1.165, 1.54) is 0 Å². The van der Waals surface area contributed by atoms with Gasteiger partial charge in [-0.15, -0.1) is 0 Å². The summed E-state index contributed by atoms with van der Waals surface area (Å²) in [6.45, 7) is 3.72. The van der Waals surface area contributed by atoms with Crippen LogP contribution >= 0.6 is 0 Å². The molecule has 1 aliphatic rings. The minimum absolute atomic E-state index is 0.131. The topological polar surface area (TPSA) is 94.0 Å². The van der Waals surface area contributed by atoms with Gasteiger partial charge in [0.15, 0.2) is 5.96 Å². The zero-order valence-electron chi connectivity index (χ0n) is 12.6. The largest absolute Gasteiger partial charge is 0.378 e. The Balaban J connectivity index is 1.67. The van der Waals surface area contributed by atoms with E-state index in [2.05, 4.69) is 4.99 Å². The van der Waals surface area contributed by atoms with Crippen LogP contribution in [-0.2, 0) is 11.2 Å². The molecule has 0 saturated carbocycles. The molecule has 2 N–H and O–H groups in total. The third kappa shape index (κ3) is 5.00. The molecule has 0 bridgehead atoms. The molecule has 120 valence electrons. The molecule has 2 rings (SSSR count). The van der Waals surface area contributed by atoms with Crippen molar-refractivity contribution in [3.8, 4) is 0 Å². The van der Waals surface area contributed by atoms with Gasteiger partial charge in [-0.05, 0) is 24.8 Å². The van der Waals surface area contributed by atoms with Crippen LogP contribution in [0.1, 0.15) is 18.4 Å². The van der Waals surface area contributed by atoms with Gasteiger partial charge in [0.2, 0.25) is 0 Å². The maximum absolute atomic E-state index is 10.6. The maximum atomic E-state index is 10.6. The van der Waals surface area contributed by atoms with Gasteiger partial charge in [0, 0.05) is 31.8 Å². The van der Waals surface area contributed by atoms with Crippen molar-refractivity contribution < 1.29 is 9.66 Å². The summed E-state index contributed by atoms with van der Waals surface area (Å²) >= 11 is 0. The molecule has 22 heavy (non-hydrogen) atoms. The van der Waals surface area contributed by atoms with E-state index < -0.39 is 0 Å². The molecule has 1 aromatic carbocycles. The summed E-state index contributed by atoms with van der Waals surface area (Å²) in [5.41, 5.74) is 7.18. The van der Waals surface area contributed by atoms with Crippen molar-refractivity contribution in [1.29, 1.82) is 0 Å². The number of guanidine groups is 1. The Morgan fingerprint density at radius 2 is 1.95 bits per heavy atom. The van der Waals surface area contributed by atoms with Crippen molar-refractivity contribution >= 4 is 11.6 Å². The van der Waals surface area contributed by atoms with Gasteiger partial charge < -0.3 is 15.4 Å². The molecule has 0 aliphatic carbocycles. The third-order valence-electron chi connectivity index (χ3n) is 3.63. The number of hydrogen-bond donors (Lipinski definition) is 1. The molecule has 1 fully saturated rings. The van der Waals surface area contributed by atoms with E-state index in [0.29, 0.717) is 25.7 Å². The highest BCUT2D eigenvalue weighted by Gasteiger charge is 2.11. The zero-order valence-corrected chi connectivity index (χ0v) is 12.6. The number of nitrogens with two attached hydrogens (primary N) is 1. The van der Waals surface area contributed by atoms with E-state index >= 15 is 0 Å². The van der Waals surface area contributed by atoms with Crippen molar-refractivity contribution in [2.45, 2.75) is 19.3 Å². The normalized spacial score (nSPS) is 15.8. The molecule has 1 saturated heterocycles. The highest BCUT2D eigenvalue weighted by Crippen LogP contribution is 2.13. The second kappa shape index (κ2) is 8.33. The molecule has 7 nitrogen and oxygen atoms in total. The lowest BCUT2D eigenvalue weighted by molar-refractivity contribution is -0.384. The third-order valence-corrected chi connectivity index (χ3v) is 3.63. The van der Waals surface area contributed by atoms with Gasteiger partial charge in [0.1, 0.15) is 0 Å². The van der Waals surface area contributed by atoms with Crippen molar-refractivity contribution in [3.05, 3.63) is 39.9 Å². The monoisotopic (exact) mass is 306 g/mol. The molecule has 1 heterocycles. The van der Waals surface area contributed by atoms with Gasteiger partial charge in [0.25, 0.3) is 5.69 Å². The van der Waals surface area contributed by atoms with Crippen molar-refractivity contribution in [2.75, 3.05) is 32.8 Å². The number of nitro groups is 1. The predicted molar refractivity (Wildman–Crippen MR) is 84.9 cm³/mol. The quantitative estimate of drug-likeness (QED) is 0.283. The summed E-state index contributed by atoms with van der Waals surface area (Å²) in [7, 11) is 0. The van der Waals surface area contributed by atoms with Crippen LogP contribution in [0.15, 0.2) is 29.3 Å². The van der Waals surface area contributed by atoms with Crippen molar-refractivity contribution in [3.63, 3.8) is 0 Å². The van der Waals surface area contributed by atoms with Crippen LogP contribution in [0.3, 0.4) is 0 Å². The van der Waals surface area contributed by atoms with Gasteiger partial charge in [-0.25, -0.2) is 0 Å². The van der Waals surface area contributed by atoms with Crippen molar-refractivity contribution in [1.82, 2.24) is 4.90 Å². The Kier molecular flexibility index (Phi) is 6.14. The molecule has 0 atom stereocenters. The molecule has 0 unspecified atom stereocenters. The number of benzene rings is 1. The summed E-state index contributed by atoms with van der Waals surface area (Å²) in [4.78, 5) is 16.6. The first-order valence-corrected chi connectivity index (χ1v) is 7.53. The van der Waals surface area contributed by atoms with E-state index in [-0.39, 0.29) is 10.6 Å². The van der Waals surface area contributed by atoms with Crippen LogP contribution in [0.2, 0.25) is 0 Å². The maximum Gasteiger partial charge on any atom is 0.269 e. The fourth-order valence-electron chi connectivity index (χ4n) is 2.31. The van der Waals surface area contributed by atoms with Crippen LogP contribution in [0.5, 0.6) is 0 Å². The van der Waals surface area contributed by atoms with E-state index in [9.17, 15) is 10.1 Å². The number of nitro benzene ring substituents is 1. The Morgan fingerprint density at radius 3 is 2.59 bits per heavy atom. The zero-order chi connectivity index (χ0) is 15.8. The van der Waals surface area contributed by atoms with Crippen LogP contribution in [0, 0.1) is 10.1 Å². The number of non-ortho nitro benzene ring substituents is 1. The molecule has 1 aliphatic heterocycles. The second-order valence-electron chi connectivity index (χ2n) is 5.22. The number of ether oxygens (including phenoxy) is 1. The number of rotatable bonds is 6. The van der Waals surface area contributed by atoms with E-state index in [0.717, 1.165) is 37.9 Å². The summed E-state index contributed by atoms with van der Waals surface area (Å²) in [5, 5.41) is 10.6. The summed E-state index contributed by atoms with van der Waals surface area (Å²) < 4.78 is 5.27. The smallest absolute Gasteiger partial charge is 0.269 e. The molecule has 0 amide bonds. The molecule has 0 radical (unpaired) electrons. The molecular formula is C15H22N4O3. The molecule has 1 aromatic rings. The fraction of sp³-hybridized carbons (Fsp3) is 0.533. The molecule has 0 aromatic heterocycles. The molecule has 7 heteroatoms. The van der Waals surface area contributed by atoms with Gasteiger partial charge in [-0.2, -0.15) is 0 Å². The number of morpholine rings is 1. The lowest BCUT2D eigenvalue weighted by Gasteiger charge is -2.27. The Labute approximate surface area is 129 Å². The van der Waals surface area contributed by atoms with Gasteiger partial charge in [-0.1, -0.05) is 12.1 Å². The fourth-order valence-corrected chi connectivity index (χ4v) is 2.31. The Morgan fingerprint density at radius 1 is 1.27 bits per heavy atom. The average Bonchev–Trinajstić information content (AvgIpc) is 2.55. The first-order valence-electron chi connectivity index (χ1n) is 7.53. The number of nitrogens with zero attached hydrogens (tertiary/aromatic N) is 3. The molecule has 0 spiro atoms. The molecular weight excluding hydrogens is 284 g/mol. The van der Waals surface area contributed by atoms with Gasteiger partial charge in [0.05, 0.1) is 18.1 Å². The number of aliphatic imine (C=N–C) groups is 1. The highest BCUT2D eigenvalue weighted by molar-refractivity contribution is 5.78. The second-order valence-corrected chi connectivity index (χ2v) is 5.22. The first-order chi connectivity index (χ1) is 10.7. The first kappa shape index (κ1) is 16.2. The van der Waals surface area contributed by atoms with Crippen LogP contribution in [-0.4, -0.2) is 48.6 Å². The van der Waals surface area contributed by atoms with Gasteiger partial charge >= 0.3 is 0 Å². The average molecular weight is 306 g/mol. The highest BCUT2D eigenvalue weighted by atomic mass is 16.6. The number of unbranched alkanes of at least 4 members (excludes halogenated alkanes) is 1. The SMILES string of the molecule is NC(=NCCCCc1ccc([N+](=O)[O-])cc1)N1CCOCC1. The lowest BCUT2D eigenvalue weighted by atomic mass is 10.1. The predicted octanol–water partition coefficient (Wildman–Crippen LogP) is 1.56. The minimum atomic E-state index is -0.382.